The summed E-state index contributed by atoms with van der Waals surface area (Å²) in [6, 6.07) is 5.05. The highest BCUT2D eigenvalue weighted by Crippen LogP contribution is 2.26. The lowest BCUT2D eigenvalue weighted by atomic mass is 10.1. The maximum absolute atomic E-state index is 12.2. The van der Waals surface area contributed by atoms with E-state index in [-0.39, 0.29) is 12.2 Å². The molecule has 1 aromatic carbocycles. The Bertz CT molecular complexity index is 734. The van der Waals surface area contributed by atoms with Crippen molar-refractivity contribution in [3.8, 4) is 0 Å². The molecule has 0 spiro atoms. The van der Waals surface area contributed by atoms with Gasteiger partial charge in [-0.1, -0.05) is 29.3 Å². The van der Waals surface area contributed by atoms with Gasteiger partial charge in [-0.2, -0.15) is 0 Å². The number of Topliss-reactive ketones (excluding diaryl/α,β-unsaturated/α-hetero) is 1. The van der Waals surface area contributed by atoms with Crippen LogP contribution >= 0.6 is 34.5 Å². The normalized spacial score (nSPS) is 11.1. The molecule has 19 heavy (non-hydrogen) atoms. The molecule has 6 heteroatoms. The van der Waals surface area contributed by atoms with Crippen LogP contribution in [0.3, 0.4) is 0 Å². The van der Waals surface area contributed by atoms with Crippen molar-refractivity contribution in [3.05, 3.63) is 57.3 Å². The number of rotatable bonds is 3. The Hall–Kier alpha value is -1.36. The third kappa shape index (κ3) is 2.39. The van der Waals surface area contributed by atoms with Crippen LogP contribution in [0.15, 0.2) is 36.0 Å². The van der Waals surface area contributed by atoms with Crippen LogP contribution < -0.4 is 0 Å². The fourth-order valence-electron chi connectivity index (χ4n) is 1.84. The summed E-state index contributed by atoms with van der Waals surface area (Å²) in [4.78, 5) is 17.4. The highest BCUT2D eigenvalue weighted by atomic mass is 35.5. The molecule has 2 heterocycles. The number of benzene rings is 1. The van der Waals surface area contributed by atoms with Crippen molar-refractivity contribution in [1.82, 2.24) is 9.38 Å². The molecule has 3 aromatic rings. The highest BCUT2D eigenvalue weighted by Gasteiger charge is 2.15. The summed E-state index contributed by atoms with van der Waals surface area (Å²) >= 11 is 13.5. The summed E-state index contributed by atoms with van der Waals surface area (Å²) in [5.41, 5.74) is 1.17. The summed E-state index contributed by atoms with van der Waals surface area (Å²) in [6.07, 6.45) is 3.98. The van der Waals surface area contributed by atoms with E-state index < -0.39 is 0 Å². The second kappa shape index (κ2) is 4.96. The van der Waals surface area contributed by atoms with Gasteiger partial charge in [0.05, 0.1) is 22.2 Å². The second-order valence-corrected chi connectivity index (χ2v) is 5.68. The molecule has 0 atom stereocenters. The molecule has 0 saturated heterocycles. The number of nitrogens with zero attached hydrogens (tertiary/aromatic N) is 2. The van der Waals surface area contributed by atoms with Crippen molar-refractivity contribution in [2.24, 2.45) is 0 Å². The Labute approximate surface area is 123 Å². The average molecular weight is 311 g/mol. The van der Waals surface area contributed by atoms with Crippen LogP contribution in [-0.4, -0.2) is 15.2 Å². The molecule has 0 N–H and O–H groups in total. The topological polar surface area (TPSA) is 34.4 Å². The Balaban J connectivity index is 1.88. The third-order valence-corrected chi connectivity index (χ3v) is 4.33. The zero-order valence-corrected chi connectivity index (χ0v) is 12.0. The molecule has 0 aliphatic carbocycles. The van der Waals surface area contributed by atoms with Gasteiger partial charge in [0, 0.05) is 23.3 Å². The van der Waals surface area contributed by atoms with Gasteiger partial charge in [0.1, 0.15) is 0 Å². The van der Waals surface area contributed by atoms with Gasteiger partial charge in [-0.05, 0) is 12.1 Å². The lowest BCUT2D eigenvalue weighted by Gasteiger charge is -2.03. The molecule has 0 amide bonds. The molecular weight excluding hydrogens is 303 g/mol. The van der Waals surface area contributed by atoms with Crippen molar-refractivity contribution in [1.29, 1.82) is 0 Å². The van der Waals surface area contributed by atoms with E-state index in [1.165, 1.54) is 11.3 Å². The summed E-state index contributed by atoms with van der Waals surface area (Å²) in [7, 11) is 0. The van der Waals surface area contributed by atoms with Gasteiger partial charge in [0.2, 0.25) is 0 Å². The number of thiazole rings is 1. The lowest BCUT2D eigenvalue weighted by molar-refractivity contribution is 0.0992. The second-order valence-electron chi connectivity index (χ2n) is 4.03. The predicted molar refractivity (Wildman–Crippen MR) is 77.6 cm³/mol. The van der Waals surface area contributed by atoms with Gasteiger partial charge in [0.15, 0.2) is 10.7 Å². The van der Waals surface area contributed by atoms with Crippen LogP contribution in [0.25, 0.3) is 4.96 Å². The highest BCUT2D eigenvalue weighted by molar-refractivity contribution is 7.15. The van der Waals surface area contributed by atoms with E-state index in [0.717, 1.165) is 10.7 Å². The third-order valence-electron chi connectivity index (χ3n) is 2.74. The van der Waals surface area contributed by atoms with Gasteiger partial charge in [0.25, 0.3) is 0 Å². The van der Waals surface area contributed by atoms with Crippen molar-refractivity contribution >= 4 is 45.3 Å². The molecule has 3 rings (SSSR count). The molecule has 0 radical (unpaired) electrons. The van der Waals surface area contributed by atoms with Crippen LogP contribution in [0, 0.1) is 0 Å². The summed E-state index contributed by atoms with van der Waals surface area (Å²) in [5, 5.41) is 2.63. The van der Waals surface area contributed by atoms with E-state index in [1.807, 2.05) is 22.2 Å². The number of hydrogen-bond donors (Lipinski definition) is 0. The summed E-state index contributed by atoms with van der Waals surface area (Å²) < 4.78 is 1.90. The molecule has 0 saturated carbocycles. The fourth-order valence-corrected chi connectivity index (χ4v) is 2.96. The number of hydrogen-bond acceptors (Lipinski definition) is 3. The first-order chi connectivity index (χ1) is 9.15. The monoisotopic (exact) mass is 310 g/mol. The number of fused-ring (bicyclic) bond motifs is 1. The molecule has 0 fully saturated rings. The van der Waals surface area contributed by atoms with Gasteiger partial charge in [-0.25, -0.2) is 4.98 Å². The maximum atomic E-state index is 12.2. The number of imidazole rings is 1. The molecular formula is C13H8Cl2N2OS. The average Bonchev–Trinajstić information content (AvgIpc) is 2.93. The Kier molecular flexibility index (Phi) is 3.31. The number of aromatic nitrogens is 2. The smallest absolute Gasteiger partial charge is 0.193 e. The van der Waals surface area contributed by atoms with E-state index >= 15 is 0 Å². The van der Waals surface area contributed by atoms with E-state index in [0.29, 0.717) is 15.6 Å². The Morgan fingerprint density at radius 2 is 2.21 bits per heavy atom. The van der Waals surface area contributed by atoms with Gasteiger partial charge in [-0.15, -0.1) is 11.3 Å². The van der Waals surface area contributed by atoms with Crippen LogP contribution in [-0.2, 0) is 6.42 Å². The molecule has 0 aliphatic heterocycles. The minimum absolute atomic E-state index is 0.0850. The van der Waals surface area contributed by atoms with E-state index in [1.54, 1.807) is 18.2 Å². The lowest BCUT2D eigenvalue weighted by Crippen LogP contribution is -2.04. The van der Waals surface area contributed by atoms with Crippen LogP contribution in [0.4, 0.5) is 0 Å². The predicted octanol–water partition coefficient (Wildman–Crippen LogP) is 4.13. The van der Waals surface area contributed by atoms with Crippen molar-refractivity contribution < 1.29 is 4.79 Å². The van der Waals surface area contributed by atoms with Gasteiger partial charge >= 0.3 is 0 Å². The first-order valence-corrected chi connectivity index (χ1v) is 7.17. The van der Waals surface area contributed by atoms with Gasteiger partial charge < -0.3 is 0 Å². The first kappa shape index (κ1) is 12.7. The molecule has 2 aromatic heterocycles. The first-order valence-electron chi connectivity index (χ1n) is 5.53. The van der Waals surface area contributed by atoms with Crippen LogP contribution in [0.2, 0.25) is 10.0 Å². The molecule has 96 valence electrons. The van der Waals surface area contributed by atoms with Crippen molar-refractivity contribution in [2.45, 2.75) is 6.42 Å². The largest absolute Gasteiger partial charge is 0.297 e. The molecule has 3 nitrogen and oxygen atoms in total. The minimum atomic E-state index is -0.0850. The molecule has 0 aliphatic rings. The molecule has 0 bridgehead atoms. The summed E-state index contributed by atoms with van der Waals surface area (Å²) in [6.45, 7) is 0. The van der Waals surface area contributed by atoms with E-state index in [9.17, 15) is 4.79 Å². The minimum Gasteiger partial charge on any atom is -0.297 e. The SMILES string of the molecule is O=C(Cc1cn2ccsc2n1)c1cccc(Cl)c1Cl. The maximum Gasteiger partial charge on any atom is 0.193 e. The van der Waals surface area contributed by atoms with Crippen LogP contribution in [0.1, 0.15) is 16.1 Å². The molecule has 0 unspecified atom stereocenters. The van der Waals surface area contributed by atoms with Crippen LogP contribution in [0.5, 0.6) is 0 Å². The fraction of sp³-hybridized carbons (Fsp3) is 0.0769. The standard InChI is InChI=1S/C13H8Cl2N2OS/c14-10-3-1-2-9(12(10)15)11(18)6-8-7-17-4-5-19-13(17)16-8/h1-5,7H,6H2. The number of carbonyl (C=O) groups is 1. The van der Waals surface area contributed by atoms with Crippen molar-refractivity contribution in [2.75, 3.05) is 0 Å². The number of halogens is 2. The van der Waals surface area contributed by atoms with E-state index in [2.05, 4.69) is 4.98 Å². The Morgan fingerprint density at radius 3 is 3.00 bits per heavy atom. The number of carbonyl (C=O) groups excluding carboxylic acids is 1. The zero-order chi connectivity index (χ0) is 13.4. The Morgan fingerprint density at radius 1 is 1.37 bits per heavy atom. The quantitative estimate of drug-likeness (QED) is 0.682. The van der Waals surface area contributed by atoms with Gasteiger partial charge in [-0.3, -0.25) is 9.20 Å². The summed E-state index contributed by atoms with van der Waals surface area (Å²) in [5.74, 6) is -0.0850. The van der Waals surface area contributed by atoms with Crippen molar-refractivity contribution in [3.63, 3.8) is 0 Å². The zero-order valence-electron chi connectivity index (χ0n) is 9.64. The number of ketones is 1. The van der Waals surface area contributed by atoms with E-state index in [4.69, 9.17) is 23.2 Å².